The molecule has 2 aromatic carbocycles. The second-order valence-electron chi connectivity index (χ2n) is 5.20. The number of rotatable bonds is 3. The fourth-order valence-electron chi connectivity index (χ4n) is 2.41. The first-order valence-corrected chi connectivity index (χ1v) is 8.34. The predicted octanol–water partition coefficient (Wildman–Crippen LogP) is 3.72. The fourth-order valence-corrected chi connectivity index (χ4v) is 3.28. The Balaban J connectivity index is 1.46. The van der Waals surface area contributed by atoms with Gasteiger partial charge in [-0.2, -0.15) is 0 Å². The average molecular weight is 338 g/mol. The molecule has 120 valence electrons. The molecule has 0 fully saturated rings. The van der Waals surface area contributed by atoms with Gasteiger partial charge in [0.05, 0.1) is 10.2 Å². The summed E-state index contributed by atoms with van der Waals surface area (Å²) in [4.78, 5) is 16.5. The summed E-state index contributed by atoms with van der Waals surface area (Å²) in [5.74, 6) is 1.13. The van der Waals surface area contributed by atoms with Crippen molar-refractivity contribution in [1.82, 2.24) is 4.98 Å². The maximum Gasteiger partial charge on any atom is 0.248 e. The normalized spacial score (nSPS) is 13.3. The van der Waals surface area contributed by atoms with Crippen molar-refractivity contribution in [3.05, 3.63) is 53.5 Å². The summed E-state index contributed by atoms with van der Waals surface area (Å²) >= 11 is 1.55. The van der Waals surface area contributed by atoms with E-state index in [9.17, 15) is 4.79 Å². The van der Waals surface area contributed by atoms with Gasteiger partial charge in [-0.15, -0.1) is 11.3 Å². The zero-order valence-corrected chi connectivity index (χ0v) is 13.5. The first kappa shape index (κ1) is 14.7. The first-order valence-electron chi connectivity index (χ1n) is 7.52. The third-order valence-corrected chi connectivity index (χ3v) is 4.50. The molecule has 2 heterocycles. The van der Waals surface area contributed by atoms with Gasteiger partial charge in [0.25, 0.3) is 0 Å². The van der Waals surface area contributed by atoms with Crippen molar-refractivity contribution in [1.29, 1.82) is 0 Å². The van der Waals surface area contributed by atoms with Gasteiger partial charge in [-0.1, -0.05) is 12.1 Å². The molecule has 0 aliphatic carbocycles. The molecule has 0 radical (unpaired) electrons. The van der Waals surface area contributed by atoms with Crippen molar-refractivity contribution in [2.24, 2.45) is 0 Å². The summed E-state index contributed by atoms with van der Waals surface area (Å²) in [6.07, 6.45) is 3.20. The minimum atomic E-state index is -0.217. The standard InChI is InChI=1S/C18H14N2O3S/c21-17(7-8-18-20-13-3-1-2-4-16(13)24-18)19-12-5-6-14-15(11-12)23-10-9-22-14/h1-8,11H,9-10H2,(H,19,21). The summed E-state index contributed by atoms with van der Waals surface area (Å²) in [7, 11) is 0. The number of anilines is 1. The van der Waals surface area contributed by atoms with Crippen LogP contribution in [0.1, 0.15) is 5.01 Å². The van der Waals surface area contributed by atoms with Crippen molar-refractivity contribution < 1.29 is 14.3 Å². The van der Waals surface area contributed by atoms with Gasteiger partial charge < -0.3 is 14.8 Å². The number of nitrogens with one attached hydrogen (secondary N) is 1. The molecule has 0 saturated carbocycles. The van der Waals surface area contributed by atoms with Crippen molar-refractivity contribution >= 4 is 39.2 Å². The van der Waals surface area contributed by atoms with Crippen LogP contribution in [0.3, 0.4) is 0 Å². The minimum Gasteiger partial charge on any atom is -0.486 e. The first-order chi connectivity index (χ1) is 11.8. The van der Waals surface area contributed by atoms with Crippen LogP contribution in [-0.4, -0.2) is 24.1 Å². The third-order valence-electron chi connectivity index (χ3n) is 3.50. The van der Waals surface area contributed by atoms with Gasteiger partial charge in [-0.3, -0.25) is 4.79 Å². The monoisotopic (exact) mass is 338 g/mol. The van der Waals surface area contributed by atoms with Crippen molar-refractivity contribution in [2.45, 2.75) is 0 Å². The van der Waals surface area contributed by atoms with Crippen LogP contribution in [0.5, 0.6) is 11.5 Å². The van der Waals surface area contributed by atoms with Gasteiger partial charge in [0.15, 0.2) is 11.5 Å². The van der Waals surface area contributed by atoms with Gasteiger partial charge in [0.2, 0.25) is 5.91 Å². The second kappa shape index (κ2) is 6.33. The summed E-state index contributed by atoms with van der Waals surface area (Å²) in [5.41, 5.74) is 1.60. The van der Waals surface area contributed by atoms with E-state index in [-0.39, 0.29) is 5.91 Å². The van der Waals surface area contributed by atoms with E-state index in [0.29, 0.717) is 30.4 Å². The summed E-state index contributed by atoms with van der Waals surface area (Å²) < 4.78 is 12.1. The number of carbonyl (C=O) groups excluding carboxylic acids is 1. The molecule has 0 atom stereocenters. The molecule has 0 unspecified atom stereocenters. The lowest BCUT2D eigenvalue weighted by molar-refractivity contribution is -0.111. The van der Waals surface area contributed by atoms with Crippen LogP contribution >= 0.6 is 11.3 Å². The maximum absolute atomic E-state index is 12.1. The van der Waals surface area contributed by atoms with Crippen LogP contribution in [-0.2, 0) is 4.79 Å². The average Bonchev–Trinajstić information content (AvgIpc) is 3.03. The lowest BCUT2D eigenvalue weighted by Crippen LogP contribution is -2.16. The second-order valence-corrected chi connectivity index (χ2v) is 6.26. The van der Waals surface area contributed by atoms with E-state index in [0.717, 1.165) is 15.2 Å². The number of aromatic nitrogens is 1. The topological polar surface area (TPSA) is 60.5 Å². The van der Waals surface area contributed by atoms with Crippen molar-refractivity contribution in [3.63, 3.8) is 0 Å². The lowest BCUT2D eigenvalue weighted by Gasteiger charge is -2.18. The Kier molecular flexibility index (Phi) is 3.88. The number of hydrogen-bond donors (Lipinski definition) is 1. The van der Waals surface area contributed by atoms with E-state index in [1.54, 1.807) is 35.6 Å². The Morgan fingerprint density at radius 1 is 1.12 bits per heavy atom. The van der Waals surface area contributed by atoms with Gasteiger partial charge >= 0.3 is 0 Å². The highest BCUT2D eigenvalue weighted by atomic mass is 32.1. The molecule has 1 amide bonds. The SMILES string of the molecule is O=C(C=Cc1nc2ccccc2s1)Nc1ccc2c(c1)OCCO2. The van der Waals surface area contributed by atoms with E-state index in [4.69, 9.17) is 9.47 Å². The van der Waals surface area contributed by atoms with Gasteiger partial charge in [0.1, 0.15) is 18.2 Å². The molecule has 4 rings (SSSR count). The molecule has 1 aliphatic heterocycles. The maximum atomic E-state index is 12.1. The highest BCUT2D eigenvalue weighted by Gasteiger charge is 2.12. The van der Waals surface area contributed by atoms with Crippen LogP contribution in [0.2, 0.25) is 0 Å². The van der Waals surface area contributed by atoms with E-state index in [2.05, 4.69) is 10.3 Å². The largest absolute Gasteiger partial charge is 0.486 e. The van der Waals surface area contributed by atoms with E-state index < -0.39 is 0 Å². The van der Waals surface area contributed by atoms with Crippen molar-refractivity contribution in [2.75, 3.05) is 18.5 Å². The molecule has 1 N–H and O–H groups in total. The van der Waals surface area contributed by atoms with Crippen LogP contribution < -0.4 is 14.8 Å². The van der Waals surface area contributed by atoms with Gasteiger partial charge in [-0.25, -0.2) is 4.98 Å². The number of benzene rings is 2. The lowest BCUT2D eigenvalue weighted by atomic mass is 10.2. The Morgan fingerprint density at radius 2 is 1.96 bits per heavy atom. The summed E-state index contributed by atoms with van der Waals surface area (Å²) in [6, 6.07) is 13.2. The molecule has 0 bridgehead atoms. The van der Waals surface area contributed by atoms with Crippen LogP contribution in [0.15, 0.2) is 48.5 Å². The predicted molar refractivity (Wildman–Crippen MR) is 94.7 cm³/mol. The Bertz CT molecular complexity index is 900. The van der Waals surface area contributed by atoms with E-state index in [1.807, 2.05) is 24.3 Å². The molecule has 0 saturated heterocycles. The molecule has 5 nitrogen and oxygen atoms in total. The zero-order chi connectivity index (χ0) is 16.4. The molecule has 0 spiro atoms. The molecule has 24 heavy (non-hydrogen) atoms. The highest BCUT2D eigenvalue weighted by molar-refractivity contribution is 7.19. The molecular formula is C18H14N2O3S. The summed E-state index contributed by atoms with van der Waals surface area (Å²) in [6.45, 7) is 1.06. The van der Waals surface area contributed by atoms with Gasteiger partial charge in [-0.05, 0) is 30.3 Å². The number of fused-ring (bicyclic) bond motifs is 2. The number of para-hydroxylation sites is 1. The smallest absolute Gasteiger partial charge is 0.248 e. The molecular weight excluding hydrogens is 324 g/mol. The fraction of sp³-hybridized carbons (Fsp3) is 0.111. The summed E-state index contributed by atoms with van der Waals surface area (Å²) in [5, 5.41) is 3.61. The van der Waals surface area contributed by atoms with Crippen LogP contribution in [0, 0.1) is 0 Å². The minimum absolute atomic E-state index is 0.217. The zero-order valence-electron chi connectivity index (χ0n) is 12.7. The highest BCUT2D eigenvalue weighted by Crippen LogP contribution is 2.32. The molecule has 1 aromatic heterocycles. The number of thiazole rings is 1. The molecule has 3 aromatic rings. The molecule has 6 heteroatoms. The Labute approximate surface area is 142 Å². The number of carbonyl (C=O) groups is 1. The number of ether oxygens (including phenoxy) is 2. The Morgan fingerprint density at radius 3 is 2.83 bits per heavy atom. The third kappa shape index (κ3) is 3.09. The van der Waals surface area contributed by atoms with Gasteiger partial charge in [0, 0.05) is 17.8 Å². The Hall–Kier alpha value is -2.86. The number of amides is 1. The van der Waals surface area contributed by atoms with E-state index in [1.165, 1.54) is 6.08 Å². The number of nitrogens with zero attached hydrogens (tertiary/aromatic N) is 1. The molecule has 1 aliphatic rings. The van der Waals surface area contributed by atoms with Crippen LogP contribution in [0.4, 0.5) is 5.69 Å². The van der Waals surface area contributed by atoms with Crippen molar-refractivity contribution in [3.8, 4) is 11.5 Å². The van der Waals surface area contributed by atoms with E-state index >= 15 is 0 Å². The number of hydrogen-bond acceptors (Lipinski definition) is 5. The quantitative estimate of drug-likeness (QED) is 0.740. The van der Waals surface area contributed by atoms with Crippen LogP contribution in [0.25, 0.3) is 16.3 Å².